The van der Waals surface area contributed by atoms with Gasteiger partial charge in [-0.15, -0.1) is 0 Å². The van der Waals surface area contributed by atoms with Crippen LogP contribution in [-0.2, 0) is 0 Å². The van der Waals surface area contributed by atoms with Gasteiger partial charge in [0.25, 0.3) is 0 Å². The minimum Gasteiger partial charge on any atom is -0.497 e. The van der Waals surface area contributed by atoms with E-state index in [-0.39, 0.29) is 11.9 Å². The number of nitrogens with one attached hydrogen (secondary N) is 1. The van der Waals surface area contributed by atoms with Crippen LogP contribution in [0.3, 0.4) is 0 Å². The van der Waals surface area contributed by atoms with Crippen molar-refractivity contribution in [2.75, 3.05) is 33.3 Å². The number of nitrogens with zero attached hydrogens (tertiary/aromatic N) is 1. The van der Waals surface area contributed by atoms with Crippen LogP contribution in [0.5, 0.6) is 5.75 Å². The zero-order valence-corrected chi connectivity index (χ0v) is 11.1. The highest BCUT2D eigenvalue weighted by molar-refractivity contribution is 5.31. The Morgan fingerprint density at radius 2 is 2.11 bits per heavy atom. The first-order valence-electron chi connectivity index (χ1n) is 6.54. The number of ether oxygens (including phenoxy) is 1. The maximum Gasteiger partial charge on any atom is 0.131 e. The van der Waals surface area contributed by atoms with Crippen LogP contribution in [0.1, 0.15) is 24.9 Å². The lowest BCUT2D eigenvalue weighted by Gasteiger charge is -2.34. The van der Waals surface area contributed by atoms with Gasteiger partial charge in [-0.3, -0.25) is 4.90 Å². The van der Waals surface area contributed by atoms with Gasteiger partial charge in [0.15, 0.2) is 0 Å². The second-order valence-corrected chi connectivity index (χ2v) is 4.60. The van der Waals surface area contributed by atoms with E-state index in [1.54, 1.807) is 7.11 Å². The predicted octanol–water partition coefficient (Wildman–Crippen LogP) is 2.19. The fourth-order valence-electron chi connectivity index (χ4n) is 2.57. The molecule has 0 amide bonds. The van der Waals surface area contributed by atoms with Crippen LogP contribution < -0.4 is 10.1 Å². The molecule has 1 atom stereocenters. The number of piperazine rings is 1. The molecular weight excluding hydrogens is 231 g/mol. The summed E-state index contributed by atoms with van der Waals surface area (Å²) in [4.78, 5) is 2.35. The number of hydrogen-bond donors (Lipinski definition) is 1. The molecule has 0 radical (unpaired) electrons. The number of methoxy groups -OCH3 is 1. The predicted molar refractivity (Wildman–Crippen MR) is 70.4 cm³/mol. The quantitative estimate of drug-likeness (QED) is 0.889. The van der Waals surface area contributed by atoms with Gasteiger partial charge in [0.05, 0.1) is 7.11 Å². The van der Waals surface area contributed by atoms with E-state index in [1.165, 1.54) is 6.07 Å². The van der Waals surface area contributed by atoms with Gasteiger partial charge in [-0.05, 0) is 12.5 Å². The molecule has 0 unspecified atom stereocenters. The summed E-state index contributed by atoms with van der Waals surface area (Å²) >= 11 is 0. The highest BCUT2D eigenvalue weighted by Crippen LogP contribution is 2.28. The molecule has 0 aromatic heterocycles. The van der Waals surface area contributed by atoms with E-state index in [9.17, 15) is 4.39 Å². The molecule has 1 N–H and O–H groups in total. The largest absolute Gasteiger partial charge is 0.497 e. The lowest BCUT2D eigenvalue weighted by molar-refractivity contribution is 0.166. The highest BCUT2D eigenvalue weighted by atomic mass is 19.1. The van der Waals surface area contributed by atoms with Gasteiger partial charge in [-0.2, -0.15) is 0 Å². The SMILES string of the molecule is CC[C@@H](c1ccc(OC)cc1F)N1CCNCC1. The summed E-state index contributed by atoms with van der Waals surface area (Å²) < 4.78 is 19.2. The second-order valence-electron chi connectivity index (χ2n) is 4.60. The second kappa shape index (κ2) is 6.16. The highest BCUT2D eigenvalue weighted by Gasteiger charge is 2.23. The zero-order valence-electron chi connectivity index (χ0n) is 11.1. The van der Waals surface area contributed by atoms with Crippen molar-refractivity contribution in [3.8, 4) is 5.75 Å². The molecule has 0 spiro atoms. The average Bonchev–Trinajstić information content (AvgIpc) is 2.42. The molecule has 100 valence electrons. The lowest BCUT2D eigenvalue weighted by atomic mass is 10.0. The fourth-order valence-corrected chi connectivity index (χ4v) is 2.57. The number of rotatable bonds is 4. The Kier molecular flexibility index (Phi) is 4.55. The Hall–Kier alpha value is -1.13. The van der Waals surface area contributed by atoms with Crippen LogP contribution in [0.4, 0.5) is 4.39 Å². The van der Waals surface area contributed by atoms with E-state index in [2.05, 4.69) is 17.1 Å². The first-order chi connectivity index (χ1) is 8.76. The first kappa shape index (κ1) is 13.3. The van der Waals surface area contributed by atoms with Gasteiger partial charge in [0.1, 0.15) is 11.6 Å². The molecule has 1 heterocycles. The molecule has 1 aliphatic heterocycles. The molecule has 1 fully saturated rings. The van der Waals surface area contributed by atoms with Gasteiger partial charge in [0.2, 0.25) is 0 Å². The maximum absolute atomic E-state index is 14.1. The van der Waals surface area contributed by atoms with E-state index in [4.69, 9.17) is 4.74 Å². The first-order valence-corrected chi connectivity index (χ1v) is 6.54. The Balaban J connectivity index is 2.20. The Morgan fingerprint density at radius 3 is 2.67 bits per heavy atom. The molecule has 0 saturated carbocycles. The summed E-state index contributed by atoms with van der Waals surface area (Å²) in [6.07, 6.45) is 0.920. The van der Waals surface area contributed by atoms with Gasteiger partial charge in [-0.25, -0.2) is 4.39 Å². The van der Waals surface area contributed by atoms with Gasteiger partial charge >= 0.3 is 0 Å². The average molecular weight is 252 g/mol. The summed E-state index contributed by atoms with van der Waals surface area (Å²) in [5.74, 6) is 0.408. The van der Waals surface area contributed by atoms with E-state index in [0.717, 1.165) is 38.2 Å². The molecule has 4 heteroatoms. The van der Waals surface area contributed by atoms with E-state index in [0.29, 0.717) is 5.75 Å². The Labute approximate surface area is 108 Å². The molecule has 0 aliphatic carbocycles. The number of halogens is 1. The Morgan fingerprint density at radius 1 is 1.39 bits per heavy atom. The fraction of sp³-hybridized carbons (Fsp3) is 0.571. The molecule has 1 saturated heterocycles. The normalized spacial score (nSPS) is 18.6. The minimum atomic E-state index is -0.167. The minimum absolute atomic E-state index is 0.165. The molecular formula is C14H21FN2O. The third kappa shape index (κ3) is 2.82. The number of benzene rings is 1. The Bertz CT molecular complexity index is 391. The van der Waals surface area contributed by atoms with E-state index < -0.39 is 0 Å². The molecule has 3 nitrogen and oxygen atoms in total. The van der Waals surface area contributed by atoms with Crippen LogP contribution in [0, 0.1) is 5.82 Å². The molecule has 2 rings (SSSR count). The molecule has 1 aromatic carbocycles. The third-order valence-electron chi connectivity index (χ3n) is 3.55. The molecule has 18 heavy (non-hydrogen) atoms. The van der Waals surface area contributed by atoms with Crippen molar-refractivity contribution in [2.45, 2.75) is 19.4 Å². The summed E-state index contributed by atoms with van der Waals surface area (Å²) in [5.41, 5.74) is 0.778. The molecule has 1 aliphatic rings. The van der Waals surface area contributed by atoms with Crippen molar-refractivity contribution in [3.05, 3.63) is 29.6 Å². The zero-order chi connectivity index (χ0) is 13.0. The number of hydrogen-bond acceptors (Lipinski definition) is 3. The van der Waals surface area contributed by atoms with Gasteiger partial charge in [0, 0.05) is 43.9 Å². The van der Waals surface area contributed by atoms with Crippen LogP contribution in [0.2, 0.25) is 0 Å². The van der Waals surface area contributed by atoms with Crippen molar-refractivity contribution in [1.82, 2.24) is 10.2 Å². The van der Waals surface area contributed by atoms with E-state index >= 15 is 0 Å². The van der Waals surface area contributed by atoms with Crippen LogP contribution >= 0.6 is 0 Å². The van der Waals surface area contributed by atoms with Crippen molar-refractivity contribution in [2.24, 2.45) is 0 Å². The summed E-state index contributed by atoms with van der Waals surface area (Å²) in [6.45, 7) is 6.02. The maximum atomic E-state index is 14.1. The van der Waals surface area contributed by atoms with Crippen molar-refractivity contribution in [3.63, 3.8) is 0 Å². The summed E-state index contributed by atoms with van der Waals surface area (Å²) in [6, 6.07) is 5.33. The molecule has 1 aromatic rings. The van der Waals surface area contributed by atoms with Crippen molar-refractivity contribution < 1.29 is 9.13 Å². The summed E-state index contributed by atoms with van der Waals surface area (Å²) in [5, 5.41) is 3.32. The monoisotopic (exact) mass is 252 g/mol. The van der Waals surface area contributed by atoms with Crippen LogP contribution in [-0.4, -0.2) is 38.2 Å². The van der Waals surface area contributed by atoms with Gasteiger partial charge in [-0.1, -0.05) is 13.0 Å². The van der Waals surface area contributed by atoms with Crippen LogP contribution in [0.15, 0.2) is 18.2 Å². The smallest absolute Gasteiger partial charge is 0.131 e. The summed E-state index contributed by atoms with van der Waals surface area (Å²) in [7, 11) is 1.56. The molecule has 0 bridgehead atoms. The van der Waals surface area contributed by atoms with Crippen molar-refractivity contribution >= 4 is 0 Å². The van der Waals surface area contributed by atoms with Crippen molar-refractivity contribution in [1.29, 1.82) is 0 Å². The lowest BCUT2D eigenvalue weighted by Crippen LogP contribution is -2.45. The van der Waals surface area contributed by atoms with Gasteiger partial charge < -0.3 is 10.1 Å². The topological polar surface area (TPSA) is 24.5 Å². The standard InChI is InChI=1S/C14H21FN2O/c1-3-14(17-8-6-16-7-9-17)12-5-4-11(18-2)10-13(12)15/h4-5,10,14,16H,3,6-9H2,1-2H3/t14-/m0/s1. The van der Waals surface area contributed by atoms with Crippen LogP contribution in [0.25, 0.3) is 0 Å². The van der Waals surface area contributed by atoms with E-state index in [1.807, 2.05) is 12.1 Å². The third-order valence-corrected chi connectivity index (χ3v) is 3.55.